The third-order valence-corrected chi connectivity index (χ3v) is 5.62. The summed E-state index contributed by atoms with van der Waals surface area (Å²) < 4.78 is 12.6. The highest BCUT2D eigenvalue weighted by molar-refractivity contribution is 6.31. The molecule has 38 heavy (non-hydrogen) atoms. The van der Waals surface area contributed by atoms with Crippen LogP contribution in [0.4, 0.5) is 15.3 Å². The molecular weight excluding hydrogens is 514 g/mol. The van der Waals surface area contributed by atoms with Crippen molar-refractivity contribution in [3.05, 3.63) is 40.9 Å². The SMILES string of the molecule is C[C@@H](CN(CCO)C(=O)N1Cc2c(C(=O)OC(C)(C)C)ncn2-c2ccc(Cl)cc21)NC(=O)OC(C)(C)C. The van der Waals surface area contributed by atoms with Crippen LogP contribution in [0.1, 0.15) is 64.6 Å². The maximum atomic E-state index is 13.9. The lowest BCUT2D eigenvalue weighted by Crippen LogP contribution is -2.51. The highest BCUT2D eigenvalue weighted by atomic mass is 35.5. The number of nitrogens with one attached hydrogen (secondary N) is 1. The Morgan fingerprint density at radius 1 is 1.13 bits per heavy atom. The van der Waals surface area contributed by atoms with Gasteiger partial charge in [0, 0.05) is 24.2 Å². The smallest absolute Gasteiger partial charge is 0.407 e. The van der Waals surface area contributed by atoms with Crippen molar-refractivity contribution in [3.8, 4) is 5.69 Å². The molecular formula is C26H36ClN5O6. The summed E-state index contributed by atoms with van der Waals surface area (Å²) in [5.74, 6) is -0.599. The number of ether oxygens (including phenoxy) is 2. The van der Waals surface area contributed by atoms with Crippen LogP contribution < -0.4 is 10.2 Å². The number of fused-ring (bicyclic) bond motifs is 3. The van der Waals surface area contributed by atoms with Crippen LogP contribution in [0.2, 0.25) is 5.02 Å². The first kappa shape index (κ1) is 29.2. The Morgan fingerprint density at radius 2 is 1.79 bits per heavy atom. The zero-order chi connectivity index (χ0) is 28.4. The third kappa shape index (κ3) is 7.16. The predicted octanol–water partition coefficient (Wildman–Crippen LogP) is 4.13. The maximum absolute atomic E-state index is 13.9. The van der Waals surface area contributed by atoms with Crippen molar-refractivity contribution < 1.29 is 29.0 Å². The number of aliphatic hydroxyl groups excluding tert-OH is 1. The van der Waals surface area contributed by atoms with Crippen molar-refractivity contribution in [2.24, 2.45) is 0 Å². The number of urea groups is 1. The summed E-state index contributed by atoms with van der Waals surface area (Å²) in [6.45, 7) is 12.1. The Morgan fingerprint density at radius 3 is 2.39 bits per heavy atom. The lowest BCUT2D eigenvalue weighted by Gasteiger charge is -2.36. The quantitative estimate of drug-likeness (QED) is 0.519. The molecule has 1 atom stereocenters. The number of aromatic nitrogens is 2. The Balaban J connectivity index is 1.91. The molecule has 2 aromatic rings. The van der Waals surface area contributed by atoms with E-state index in [2.05, 4.69) is 10.3 Å². The summed E-state index contributed by atoms with van der Waals surface area (Å²) in [4.78, 5) is 46.2. The largest absolute Gasteiger partial charge is 0.455 e. The number of hydrogen-bond acceptors (Lipinski definition) is 7. The molecule has 208 valence electrons. The minimum absolute atomic E-state index is 0.0105. The molecule has 0 unspecified atom stereocenters. The van der Waals surface area contributed by atoms with Gasteiger partial charge in [-0.25, -0.2) is 19.4 Å². The molecule has 2 N–H and O–H groups in total. The van der Waals surface area contributed by atoms with Gasteiger partial charge in [0.2, 0.25) is 0 Å². The molecule has 0 fully saturated rings. The van der Waals surface area contributed by atoms with Crippen molar-refractivity contribution in [2.75, 3.05) is 24.6 Å². The fourth-order valence-electron chi connectivity index (χ4n) is 3.99. The van der Waals surface area contributed by atoms with E-state index in [1.54, 1.807) is 71.2 Å². The number of rotatable bonds is 6. The zero-order valence-corrected chi connectivity index (χ0v) is 23.6. The number of carbonyl (C=O) groups is 3. The second kappa shape index (κ2) is 11.2. The van der Waals surface area contributed by atoms with E-state index in [0.717, 1.165) is 0 Å². The summed E-state index contributed by atoms with van der Waals surface area (Å²) in [5, 5.41) is 12.8. The molecule has 3 rings (SSSR count). The minimum atomic E-state index is -0.724. The van der Waals surface area contributed by atoms with Crippen molar-refractivity contribution in [3.63, 3.8) is 0 Å². The molecule has 1 aliphatic rings. The van der Waals surface area contributed by atoms with Gasteiger partial charge in [0.05, 0.1) is 30.2 Å². The number of nitrogens with zero attached hydrogens (tertiary/aromatic N) is 4. The molecule has 0 saturated heterocycles. The van der Waals surface area contributed by atoms with Gasteiger partial charge in [-0.3, -0.25) is 9.47 Å². The van der Waals surface area contributed by atoms with Crippen LogP contribution in [0.5, 0.6) is 0 Å². The topological polar surface area (TPSA) is 126 Å². The monoisotopic (exact) mass is 549 g/mol. The molecule has 0 radical (unpaired) electrons. The van der Waals surface area contributed by atoms with Crippen LogP contribution in [0, 0.1) is 0 Å². The minimum Gasteiger partial charge on any atom is -0.455 e. The predicted molar refractivity (Wildman–Crippen MR) is 143 cm³/mol. The molecule has 12 heteroatoms. The average Bonchev–Trinajstić information content (AvgIpc) is 3.19. The Kier molecular flexibility index (Phi) is 8.62. The van der Waals surface area contributed by atoms with Crippen LogP contribution in [0.15, 0.2) is 24.5 Å². The number of hydrogen-bond donors (Lipinski definition) is 2. The van der Waals surface area contributed by atoms with E-state index in [1.165, 1.54) is 16.1 Å². The molecule has 0 spiro atoms. The third-order valence-electron chi connectivity index (χ3n) is 5.38. The summed E-state index contributed by atoms with van der Waals surface area (Å²) in [5.41, 5.74) is 0.307. The van der Waals surface area contributed by atoms with E-state index in [1.807, 2.05) is 0 Å². The number of esters is 1. The summed E-state index contributed by atoms with van der Waals surface area (Å²) in [6, 6.07) is 4.16. The highest BCUT2D eigenvalue weighted by Gasteiger charge is 2.35. The van der Waals surface area contributed by atoms with Crippen LogP contribution in [-0.4, -0.2) is 74.6 Å². The summed E-state index contributed by atoms with van der Waals surface area (Å²) in [6.07, 6.45) is 0.906. The number of alkyl carbamates (subject to hydrolysis) is 1. The Bertz CT molecular complexity index is 1200. The summed E-state index contributed by atoms with van der Waals surface area (Å²) in [7, 11) is 0. The van der Waals surface area contributed by atoms with Gasteiger partial charge in [-0.05, 0) is 66.7 Å². The van der Waals surface area contributed by atoms with Gasteiger partial charge in [-0.15, -0.1) is 0 Å². The Labute approximate surface area is 227 Å². The number of amides is 3. The van der Waals surface area contributed by atoms with Crippen molar-refractivity contribution in [1.82, 2.24) is 19.8 Å². The summed E-state index contributed by atoms with van der Waals surface area (Å²) >= 11 is 6.29. The number of anilines is 1. The molecule has 11 nitrogen and oxygen atoms in total. The molecule has 1 aromatic carbocycles. The van der Waals surface area contributed by atoms with Crippen molar-refractivity contribution in [2.45, 2.75) is 72.3 Å². The van der Waals surface area contributed by atoms with Crippen LogP contribution in [0.3, 0.4) is 0 Å². The maximum Gasteiger partial charge on any atom is 0.407 e. The van der Waals surface area contributed by atoms with Gasteiger partial charge in [0.25, 0.3) is 0 Å². The van der Waals surface area contributed by atoms with E-state index in [0.29, 0.717) is 22.1 Å². The van der Waals surface area contributed by atoms with Crippen LogP contribution >= 0.6 is 11.6 Å². The number of carbonyl (C=O) groups excluding carboxylic acids is 3. The van der Waals surface area contributed by atoms with E-state index >= 15 is 0 Å². The van der Waals surface area contributed by atoms with Gasteiger partial charge in [-0.2, -0.15) is 0 Å². The van der Waals surface area contributed by atoms with Gasteiger partial charge in [-0.1, -0.05) is 11.6 Å². The van der Waals surface area contributed by atoms with E-state index in [4.69, 9.17) is 21.1 Å². The molecule has 2 heterocycles. The van der Waals surface area contributed by atoms with E-state index < -0.39 is 35.3 Å². The highest BCUT2D eigenvalue weighted by Crippen LogP contribution is 2.36. The number of imidazole rings is 1. The second-order valence-electron chi connectivity index (χ2n) is 11.1. The van der Waals surface area contributed by atoms with Crippen LogP contribution in [0.25, 0.3) is 5.69 Å². The fourth-order valence-corrected chi connectivity index (χ4v) is 4.16. The first-order valence-corrected chi connectivity index (χ1v) is 12.7. The molecule has 1 aliphatic heterocycles. The lowest BCUT2D eigenvalue weighted by atomic mass is 10.1. The van der Waals surface area contributed by atoms with Gasteiger partial charge in [0.15, 0.2) is 5.69 Å². The zero-order valence-electron chi connectivity index (χ0n) is 22.9. The number of aliphatic hydroxyl groups is 1. The first-order valence-electron chi connectivity index (χ1n) is 12.4. The van der Waals surface area contributed by atoms with Gasteiger partial charge in [0.1, 0.15) is 17.5 Å². The molecule has 0 bridgehead atoms. The second-order valence-corrected chi connectivity index (χ2v) is 11.6. The van der Waals surface area contributed by atoms with Crippen LogP contribution in [-0.2, 0) is 16.0 Å². The molecule has 1 aromatic heterocycles. The van der Waals surface area contributed by atoms with E-state index in [-0.39, 0.29) is 31.9 Å². The van der Waals surface area contributed by atoms with Crippen molar-refractivity contribution >= 4 is 35.4 Å². The number of benzene rings is 1. The molecule has 3 amide bonds. The number of halogens is 1. The molecule has 0 saturated carbocycles. The van der Waals surface area contributed by atoms with Crippen molar-refractivity contribution in [1.29, 1.82) is 0 Å². The lowest BCUT2D eigenvalue weighted by molar-refractivity contribution is 0.00616. The fraction of sp³-hybridized carbons (Fsp3) is 0.538. The molecule has 0 aliphatic carbocycles. The Hall–Kier alpha value is -3.31. The first-order chi connectivity index (χ1) is 17.6. The van der Waals surface area contributed by atoms with Gasteiger partial charge < -0.3 is 24.8 Å². The average molecular weight is 550 g/mol. The van der Waals surface area contributed by atoms with Gasteiger partial charge >= 0.3 is 18.1 Å². The van der Waals surface area contributed by atoms with E-state index in [9.17, 15) is 19.5 Å². The standard InChI is InChI=1S/C26H36ClN5O6/c1-16(29-23(35)38-26(5,6)7)13-30(10-11-33)24(36)31-14-20-21(22(34)37-25(2,3)4)28-15-32(20)18-9-8-17(27)12-19(18)31/h8-9,12,15-16,33H,10-11,13-14H2,1-7H3,(H,29,35)/t16-/m0/s1. The normalized spacial score (nSPS) is 13.8.